The number of halogens is 2. The highest BCUT2D eigenvalue weighted by atomic mass is 19.2. The van der Waals surface area contributed by atoms with E-state index in [1.54, 1.807) is 0 Å². The van der Waals surface area contributed by atoms with Crippen LogP contribution in [0.1, 0.15) is 38.0 Å². The molecular weight excluding hydrogens is 342 g/mol. The third kappa shape index (κ3) is 5.33. The lowest BCUT2D eigenvalue weighted by Gasteiger charge is -2.32. The van der Waals surface area contributed by atoms with Gasteiger partial charge in [0.05, 0.1) is 26.4 Å². The molecule has 0 unspecified atom stereocenters. The van der Waals surface area contributed by atoms with Gasteiger partial charge in [0.25, 0.3) is 0 Å². The van der Waals surface area contributed by atoms with Crippen molar-refractivity contribution < 1.29 is 27.7 Å². The van der Waals surface area contributed by atoms with Crippen molar-refractivity contribution in [2.24, 2.45) is 11.8 Å². The quantitative estimate of drug-likeness (QED) is 0.699. The summed E-state index contributed by atoms with van der Waals surface area (Å²) in [6, 6.07) is 3.69. The number of ether oxygens (including phenoxy) is 4. The molecule has 0 atom stereocenters. The van der Waals surface area contributed by atoms with Crippen LogP contribution in [-0.2, 0) is 18.9 Å². The van der Waals surface area contributed by atoms with Crippen LogP contribution in [0.2, 0.25) is 0 Å². The van der Waals surface area contributed by atoms with Crippen LogP contribution in [0.4, 0.5) is 8.78 Å². The fraction of sp³-hybridized carbons (Fsp3) is 0.600. The van der Waals surface area contributed by atoms with E-state index in [2.05, 4.69) is 19.1 Å². The Bertz CT molecular complexity index is 591. The summed E-state index contributed by atoms with van der Waals surface area (Å²) in [5, 5.41) is 0. The van der Waals surface area contributed by atoms with Gasteiger partial charge in [-0.05, 0) is 31.4 Å². The maximum Gasteiger partial charge on any atom is 0.183 e. The van der Waals surface area contributed by atoms with Crippen LogP contribution in [-0.4, -0.2) is 32.7 Å². The summed E-state index contributed by atoms with van der Waals surface area (Å²) >= 11 is 0. The molecule has 144 valence electrons. The van der Waals surface area contributed by atoms with Gasteiger partial charge in [-0.15, -0.1) is 0 Å². The van der Waals surface area contributed by atoms with E-state index in [-0.39, 0.29) is 12.2 Å². The number of rotatable bonds is 6. The van der Waals surface area contributed by atoms with Gasteiger partial charge in [-0.3, -0.25) is 0 Å². The molecule has 2 aliphatic heterocycles. The van der Waals surface area contributed by atoms with Gasteiger partial charge in [0.15, 0.2) is 24.2 Å². The van der Waals surface area contributed by atoms with Gasteiger partial charge in [0.1, 0.15) is 0 Å². The molecule has 0 bridgehead atoms. The van der Waals surface area contributed by atoms with Crippen molar-refractivity contribution in [3.8, 4) is 0 Å². The monoisotopic (exact) mass is 368 g/mol. The van der Waals surface area contributed by atoms with Crippen LogP contribution in [0.5, 0.6) is 0 Å². The van der Waals surface area contributed by atoms with E-state index in [1.807, 2.05) is 0 Å². The summed E-state index contributed by atoms with van der Waals surface area (Å²) in [6.07, 6.45) is 6.14. The van der Waals surface area contributed by atoms with Crippen molar-refractivity contribution in [2.45, 2.75) is 38.8 Å². The van der Waals surface area contributed by atoms with E-state index in [1.165, 1.54) is 6.07 Å². The smallest absolute Gasteiger partial charge is 0.183 e. The molecular formula is C20H26F2O4. The second-order valence-electron chi connectivity index (χ2n) is 6.81. The Morgan fingerprint density at radius 1 is 0.962 bits per heavy atom. The van der Waals surface area contributed by atoms with Crippen molar-refractivity contribution in [1.29, 1.82) is 0 Å². The first kappa shape index (κ1) is 19.4. The Balaban J connectivity index is 1.37. The molecule has 0 saturated carbocycles. The number of allylic oxidation sites excluding steroid dienone is 1. The molecule has 0 spiro atoms. The number of benzene rings is 1. The minimum absolute atomic E-state index is 0.176. The highest BCUT2D eigenvalue weighted by Gasteiger charge is 2.26. The van der Waals surface area contributed by atoms with E-state index >= 15 is 0 Å². The lowest BCUT2D eigenvalue weighted by molar-refractivity contribution is -0.217. The van der Waals surface area contributed by atoms with Crippen LogP contribution >= 0.6 is 0 Å². The van der Waals surface area contributed by atoms with E-state index in [0.717, 1.165) is 31.4 Å². The summed E-state index contributed by atoms with van der Waals surface area (Å²) in [7, 11) is 0. The summed E-state index contributed by atoms with van der Waals surface area (Å²) in [6.45, 7) is 4.51. The first-order valence-corrected chi connectivity index (χ1v) is 9.23. The van der Waals surface area contributed by atoms with Gasteiger partial charge in [-0.25, -0.2) is 8.78 Å². The van der Waals surface area contributed by atoms with E-state index < -0.39 is 17.9 Å². The molecule has 0 N–H and O–H groups in total. The Morgan fingerprint density at radius 3 is 2.35 bits per heavy atom. The van der Waals surface area contributed by atoms with E-state index in [9.17, 15) is 8.78 Å². The van der Waals surface area contributed by atoms with Gasteiger partial charge in [0, 0.05) is 17.4 Å². The van der Waals surface area contributed by atoms with Crippen molar-refractivity contribution in [3.05, 3.63) is 47.5 Å². The first-order chi connectivity index (χ1) is 12.7. The third-order valence-electron chi connectivity index (χ3n) is 4.63. The van der Waals surface area contributed by atoms with Gasteiger partial charge in [-0.1, -0.05) is 25.1 Å². The van der Waals surface area contributed by atoms with Crippen LogP contribution in [0, 0.1) is 23.5 Å². The third-order valence-corrected chi connectivity index (χ3v) is 4.63. The minimum Gasteiger partial charge on any atom is -0.352 e. The van der Waals surface area contributed by atoms with Crippen molar-refractivity contribution in [1.82, 2.24) is 0 Å². The van der Waals surface area contributed by atoms with Gasteiger partial charge in [-0.2, -0.15) is 0 Å². The molecule has 0 aromatic heterocycles. The average Bonchev–Trinajstić information content (AvgIpc) is 2.68. The highest BCUT2D eigenvalue weighted by molar-refractivity contribution is 5.19. The summed E-state index contributed by atoms with van der Waals surface area (Å²) in [4.78, 5) is 0. The van der Waals surface area contributed by atoms with E-state index in [0.29, 0.717) is 37.9 Å². The molecule has 4 nitrogen and oxygen atoms in total. The SMILES string of the molecule is CCC=CC1COC(CCC2COC(c3ccc(F)c(F)c3)OC2)OC1. The van der Waals surface area contributed by atoms with Crippen LogP contribution in [0.3, 0.4) is 0 Å². The Labute approximate surface area is 153 Å². The predicted octanol–water partition coefficient (Wildman–Crippen LogP) is 4.36. The number of hydrogen-bond acceptors (Lipinski definition) is 4. The predicted molar refractivity (Wildman–Crippen MR) is 92.3 cm³/mol. The van der Waals surface area contributed by atoms with Crippen molar-refractivity contribution in [3.63, 3.8) is 0 Å². The second kappa shape index (κ2) is 9.55. The van der Waals surface area contributed by atoms with Crippen molar-refractivity contribution in [2.75, 3.05) is 26.4 Å². The fourth-order valence-electron chi connectivity index (χ4n) is 3.10. The standard InChI is InChI=1S/C20H26F2O4/c1-2-3-4-14-10-23-19(24-11-14)8-5-15-12-25-20(26-13-15)16-6-7-17(21)18(22)9-16/h3-4,6-7,9,14-15,19-20H,2,5,8,10-13H2,1H3. The maximum atomic E-state index is 13.3. The molecule has 0 amide bonds. The molecule has 26 heavy (non-hydrogen) atoms. The topological polar surface area (TPSA) is 36.9 Å². The molecule has 0 radical (unpaired) electrons. The Kier molecular flexibility index (Phi) is 7.14. The largest absolute Gasteiger partial charge is 0.352 e. The zero-order valence-corrected chi connectivity index (χ0v) is 15.0. The van der Waals surface area contributed by atoms with Gasteiger partial charge < -0.3 is 18.9 Å². The number of hydrogen-bond donors (Lipinski definition) is 0. The second-order valence-corrected chi connectivity index (χ2v) is 6.81. The molecule has 1 aromatic rings. The van der Waals surface area contributed by atoms with Crippen LogP contribution in [0.15, 0.2) is 30.4 Å². The highest BCUT2D eigenvalue weighted by Crippen LogP contribution is 2.28. The van der Waals surface area contributed by atoms with Crippen LogP contribution in [0.25, 0.3) is 0 Å². The average molecular weight is 368 g/mol. The zero-order chi connectivity index (χ0) is 18.4. The molecule has 1 aromatic carbocycles. The molecule has 2 heterocycles. The fourth-order valence-corrected chi connectivity index (χ4v) is 3.10. The van der Waals surface area contributed by atoms with E-state index in [4.69, 9.17) is 18.9 Å². The molecule has 6 heteroatoms. The lowest BCUT2D eigenvalue weighted by atomic mass is 10.0. The van der Waals surface area contributed by atoms with Crippen molar-refractivity contribution >= 4 is 0 Å². The van der Waals surface area contributed by atoms with Gasteiger partial charge >= 0.3 is 0 Å². The summed E-state index contributed by atoms with van der Waals surface area (Å²) < 4.78 is 49.2. The maximum absolute atomic E-state index is 13.3. The molecule has 2 fully saturated rings. The van der Waals surface area contributed by atoms with Gasteiger partial charge in [0.2, 0.25) is 0 Å². The Hall–Kier alpha value is -1.34. The molecule has 2 saturated heterocycles. The molecule has 2 aliphatic rings. The van der Waals surface area contributed by atoms with Crippen LogP contribution < -0.4 is 0 Å². The molecule has 0 aliphatic carbocycles. The summed E-state index contributed by atoms with van der Waals surface area (Å²) in [5.74, 6) is -1.19. The Morgan fingerprint density at radius 2 is 1.69 bits per heavy atom. The summed E-state index contributed by atoms with van der Waals surface area (Å²) in [5.41, 5.74) is 0.493. The first-order valence-electron chi connectivity index (χ1n) is 9.23. The zero-order valence-electron chi connectivity index (χ0n) is 15.0. The molecule has 3 rings (SSSR count). The lowest BCUT2D eigenvalue weighted by Crippen LogP contribution is -2.33. The normalized spacial score (nSPS) is 30.0. The minimum atomic E-state index is -0.893.